The molecule has 3 heterocycles. The molecule has 5 rings (SSSR count). The van der Waals surface area contributed by atoms with Gasteiger partial charge < -0.3 is 19.8 Å². The third-order valence-corrected chi connectivity index (χ3v) is 5.47. The van der Waals surface area contributed by atoms with E-state index < -0.39 is 6.29 Å². The van der Waals surface area contributed by atoms with Gasteiger partial charge in [-0.05, 0) is 49.1 Å². The quantitative estimate of drug-likeness (QED) is 0.604. The fraction of sp³-hybridized carbons (Fsp3) is 0.435. The standard InChI is InChI=1S/C23H26FN5O2/c1-23(2)12-30-21(31-13-23)20-28-18(15-5-7-16(24)8-6-15)19(29-20)17-9-10-25-22(27-17)26-11-14-3-4-14/h5-10,14,21H,3-4,11-13H2,1-2H3,(H,28,29)(H,25,26,27). The summed E-state index contributed by atoms with van der Waals surface area (Å²) in [5.41, 5.74) is 2.82. The highest BCUT2D eigenvalue weighted by Gasteiger charge is 2.32. The molecule has 0 bridgehead atoms. The molecule has 1 aliphatic heterocycles. The SMILES string of the molecule is CC1(C)COC(c2nc(-c3ccc(F)cc3)c(-c3ccnc(NCC4CC4)n3)[nH]2)OC1. The third-order valence-electron chi connectivity index (χ3n) is 5.47. The van der Waals surface area contributed by atoms with Gasteiger partial charge in [-0.2, -0.15) is 0 Å². The summed E-state index contributed by atoms with van der Waals surface area (Å²) in [4.78, 5) is 17.1. The van der Waals surface area contributed by atoms with Crippen molar-refractivity contribution in [3.05, 3.63) is 48.2 Å². The van der Waals surface area contributed by atoms with Gasteiger partial charge in [0.1, 0.15) is 5.82 Å². The summed E-state index contributed by atoms with van der Waals surface area (Å²) in [5, 5.41) is 3.31. The van der Waals surface area contributed by atoms with E-state index in [4.69, 9.17) is 14.5 Å². The lowest BCUT2D eigenvalue weighted by atomic mass is 9.96. The minimum absolute atomic E-state index is 0.0412. The van der Waals surface area contributed by atoms with Crippen LogP contribution in [0.3, 0.4) is 0 Å². The maximum absolute atomic E-state index is 13.5. The van der Waals surface area contributed by atoms with Crippen LogP contribution >= 0.6 is 0 Å². The Hall–Kier alpha value is -2.84. The number of ether oxygens (including phenoxy) is 2. The topological polar surface area (TPSA) is 85.0 Å². The van der Waals surface area contributed by atoms with Crippen LogP contribution in [0.15, 0.2) is 36.5 Å². The average molecular weight is 423 g/mol. The predicted octanol–water partition coefficient (Wildman–Crippen LogP) is 4.57. The number of benzene rings is 1. The van der Waals surface area contributed by atoms with E-state index in [1.807, 2.05) is 6.07 Å². The van der Waals surface area contributed by atoms with Gasteiger partial charge in [0.15, 0.2) is 5.82 Å². The molecule has 2 N–H and O–H groups in total. The van der Waals surface area contributed by atoms with Crippen LogP contribution in [0.1, 0.15) is 38.8 Å². The lowest BCUT2D eigenvalue weighted by molar-refractivity contribution is -0.229. The third kappa shape index (κ3) is 4.60. The van der Waals surface area contributed by atoms with Gasteiger partial charge in [0, 0.05) is 23.7 Å². The normalized spacial score (nSPS) is 18.8. The second kappa shape index (κ2) is 8.01. The van der Waals surface area contributed by atoms with E-state index in [1.165, 1.54) is 25.0 Å². The van der Waals surface area contributed by atoms with E-state index in [2.05, 4.69) is 34.1 Å². The highest BCUT2D eigenvalue weighted by atomic mass is 19.1. The maximum Gasteiger partial charge on any atom is 0.223 e. The van der Waals surface area contributed by atoms with Crippen molar-refractivity contribution in [1.29, 1.82) is 0 Å². The summed E-state index contributed by atoms with van der Waals surface area (Å²) in [6.07, 6.45) is 3.64. The number of aromatic amines is 1. The molecule has 1 saturated carbocycles. The smallest absolute Gasteiger partial charge is 0.223 e. The lowest BCUT2D eigenvalue weighted by Gasteiger charge is -2.33. The van der Waals surface area contributed by atoms with E-state index >= 15 is 0 Å². The summed E-state index contributed by atoms with van der Waals surface area (Å²) in [6, 6.07) is 8.09. The van der Waals surface area contributed by atoms with Crippen LogP contribution in [-0.2, 0) is 9.47 Å². The van der Waals surface area contributed by atoms with Gasteiger partial charge in [0.2, 0.25) is 12.2 Å². The van der Waals surface area contributed by atoms with Gasteiger partial charge in [-0.3, -0.25) is 0 Å². The molecule has 0 amide bonds. The van der Waals surface area contributed by atoms with Crippen LogP contribution < -0.4 is 5.32 Å². The van der Waals surface area contributed by atoms with Crippen molar-refractivity contribution < 1.29 is 13.9 Å². The molecule has 0 radical (unpaired) electrons. The Morgan fingerprint density at radius 2 is 1.84 bits per heavy atom. The lowest BCUT2D eigenvalue weighted by Crippen LogP contribution is -2.34. The average Bonchev–Trinajstić information content (AvgIpc) is 3.50. The van der Waals surface area contributed by atoms with Crippen molar-refractivity contribution in [2.75, 3.05) is 25.1 Å². The highest BCUT2D eigenvalue weighted by molar-refractivity contribution is 5.77. The van der Waals surface area contributed by atoms with E-state index in [0.717, 1.165) is 17.8 Å². The zero-order valence-electron chi connectivity index (χ0n) is 17.7. The van der Waals surface area contributed by atoms with Crippen LogP contribution in [0.5, 0.6) is 0 Å². The number of hydrogen-bond acceptors (Lipinski definition) is 6. The van der Waals surface area contributed by atoms with E-state index in [9.17, 15) is 4.39 Å². The Balaban J connectivity index is 1.49. The van der Waals surface area contributed by atoms with Crippen molar-refractivity contribution >= 4 is 5.95 Å². The number of rotatable bonds is 6. The monoisotopic (exact) mass is 423 g/mol. The molecule has 2 aliphatic rings. The van der Waals surface area contributed by atoms with Crippen LogP contribution in [0, 0.1) is 17.2 Å². The van der Waals surface area contributed by atoms with Gasteiger partial charge in [0.05, 0.1) is 30.3 Å². The second-order valence-corrected chi connectivity index (χ2v) is 9.06. The molecule has 3 aromatic rings. The Bertz CT molecular complexity index is 1050. The summed E-state index contributed by atoms with van der Waals surface area (Å²) in [5.74, 6) is 1.56. The Morgan fingerprint density at radius 3 is 2.55 bits per heavy atom. The number of nitrogens with zero attached hydrogens (tertiary/aromatic N) is 3. The molecule has 31 heavy (non-hydrogen) atoms. The fourth-order valence-electron chi connectivity index (χ4n) is 3.50. The van der Waals surface area contributed by atoms with Crippen molar-refractivity contribution in [2.45, 2.75) is 33.0 Å². The molecule has 7 nitrogen and oxygen atoms in total. The summed E-state index contributed by atoms with van der Waals surface area (Å²) >= 11 is 0. The molecule has 162 valence electrons. The molecule has 2 aromatic heterocycles. The Kier molecular flexibility index (Phi) is 5.19. The molecular weight excluding hydrogens is 397 g/mol. The molecule has 0 spiro atoms. The van der Waals surface area contributed by atoms with Gasteiger partial charge >= 0.3 is 0 Å². The largest absolute Gasteiger partial charge is 0.354 e. The zero-order valence-corrected chi connectivity index (χ0v) is 17.7. The molecule has 1 aromatic carbocycles. The molecule has 0 atom stereocenters. The molecule has 8 heteroatoms. The first kappa shape index (κ1) is 20.1. The highest BCUT2D eigenvalue weighted by Crippen LogP contribution is 2.35. The minimum Gasteiger partial charge on any atom is -0.354 e. The van der Waals surface area contributed by atoms with Crippen LogP contribution in [0.4, 0.5) is 10.3 Å². The van der Waals surface area contributed by atoms with E-state index in [-0.39, 0.29) is 11.2 Å². The van der Waals surface area contributed by atoms with Crippen molar-refractivity contribution in [2.24, 2.45) is 11.3 Å². The molecule has 1 saturated heterocycles. The van der Waals surface area contributed by atoms with Crippen LogP contribution in [0.25, 0.3) is 22.6 Å². The zero-order chi connectivity index (χ0) is 21.4. The number of nitrogens with one attached hydrogen (secondary N) is 2. The predicted molar refractivity (Wildman–Crippen MR) is 115 cm³/mol. The summed E-state index contributed by atoms with van der Waals surface area (Å²) < 4.78 is 25.3. The van der Waals surface area contributed by atoms with Crippen LogP contribution in [-0.4, -0.2) is 39.7 Å². The van der Waals surface area contributed by atoms with Crippen molar-refractivity contribution in [1.82, 2.24) is 19.9 Å². The van der Waals surface area contributed by atoms with Crippen LogP contribution in [0.2, 0.25) is 0 Å². The number of imidazole rings is 1. The minimum atomic E-state index is -0.588. The summed E-state index contributed by atoms with van der Waals surface area (Å²) in [6.45, 7) is 6.21. The maximum atomic E-state index is 13.5. The second-order valence-electron chi connectivity index (χ2n) is 9.06. The number of hydrogen-bond donors (Lipinski definition) is 2. The van der Waals surface area contributed by atoms with Gasteiger partial charge in [-0.15, -0.1) is 0 Å². The summed E-state index contributed by atoms with van der Waals surface area (Å²) in [7, 11) is 0. The first-order valence-corrected chi connectivity index (χ1v) is 10.6. The number of halogens is 1. The molecule has 1 aliphatic carbocycles. The fourth-order valence-corrected chi connectivity index (χ4v) is 3.50. The number of H-pyrrole nitrogens is 1. The Morgan fingerprint density at radius 1 is 1.10 bits per heavy atom. The number of anilines is 1. The van der Waals surface area contributed by atoms with Crippen molar-refractivity contribution in [3.8, 4) is 22.6 Å². The van der Waals surface area contributed by atoms with E-state index in [0.29, 0.717) is 42.3 Å². The first-order chi connectivity index (χ1) is 15.0. The van der Waals surface area contributed by atoms with Crippen molar-refractivity contribution in [3.63, 3.8) is 0 Å². The molecule has 2 fully saturated rings. The first-order valence-electron chi connectivity index (χ1n) is 10.6. The van der Waals surface area contributed by atoms with Gasteiger partial charge in [-0.25, -0.2) is 19.3 Å². The molecular formula is C23H26FN5O2. The number of aromatic nitrogens is 4. The molecule has 0 unspecified atom stereocenters. The van der Waals surface area contributed by atoms with Gasteiger partial charge in [-0.1, -0.05) is 13.8 Å². The van der Waals surface area contributed by atoms with Gasteiger partial charge in [0.25, 0.3) is 0 Å². The Labute approximate surface area is 180 Å². The van der Waals surface area contributed by atoms with E-state index in [1.54, 1.807) is 18.3 Å².